The van der Waals surface area contributed by atoms with Crippen molar-refractivity contribution in [3.05, 3.63) is 47.0 Å². The predicted octanol–water partition coefficient (Wildman–Crippen LogP) is 3.02. The topological polar surface area (TPSA) is 71.2 Å². The first-order valence-electron chi connectivity index (χ1n) is 8.95. The number of halogens is 1. The van der Waals surface area contributed by atoms with E-state index in [9.17, 15) is 9.18 Å². The molecule has 0 bridgehead atoms. The Morgan fingerprint density at radius 2 is 2.11 bits per heavy atom. The first-order valence-corrected chi connectivity index (χ1v) is 8.95. The summed E-state index contributed by atoms with van der Waals surface area (Å²) in [5.74, 6) is -0.226. The molecule has 1 aromatic heterocycles. The number of likely N-dealkylation sites (N-methyl/N-ethyl adjacent to an activating group) is 1. The van der Waals surface area contributed by atoms with E-state index < -0.39 is 5.82 Å². The highest BCUT2D eigenvalue weighted by molar-refractivity contribution is 5.76. The van der Waals surface area contributed by atoms with Gasteiger partial charge in [0.1, 0.15) is 6.61 Å². The molecule has 1 amide bonds. The SMILES string of the molecule is Cc1nn(CCC#N)c(C)c1CCC(=O)N(C)CCOc1ccccc1F. The van der Waals surface area contributed by atoms with Crippen LogP contribution in [0.25, 0.3) is 0 Å². The van der Waals surface area contributed by atoms with Crippen molar-refractivity contribution >= 4 is 5.91 Å². The second kappa shape index (κ2) is 9.72. The van der Waals surface area contributed by atoms with Crippen LogP contribution in [-0.2, 0) is 17.8 Å². The molecule has 0 saturated heterocycles. The first kappa shape index (κ1) is 20.4. The third-order valence-electron chi connectivity index (χ3n) is 4.50. The molecular weight excluding hydrogens is 347 g/mol. The van der Waals surface area contributed by atoms with Crippen molar-refractivity contribution in [2.45, 2.75) is 39.7 Å². The van der Waals surface area contributed by atoms with Gasteiger partial charge in [-0.05, 0) is 38.0 Å². The molecule has 7 heteroatoms. The van der Waals surface area contributed by atoms with E-state index in [0.717, 1.165) is 17.0 Å². The fourth-order valence-corrected chi connectivity index (χ4v) is 2.87. The molecule has 0 aliphatic heterocycles. The van der Waals surface area contributed by atoms with Crippen LogP contribution in [0.15, 0.2) is 24.3 Å². The number of carbonyl (C=O) groups is 1. The molecule has 0 spiro atoms. The smallest absolute Gasteiger partial charge is 0.222 e. The molecule has 0 N–H and O–H groups in total. The van der Waals surface area contributed by atoms with Gasteiger partial charge in [-0.1, -0.05) is 12.1 Å². The first-order chi connectivity index (χ1) is 12.9. The van der Waals surface area contributed by atoms with Crippen LogP contribution in [-0.4, -0.2) is 40.8 Å². The van der Waals surface area contributed by atoms with Gasteiger partial charge in [0.05, 0.1) is 31.3 Å². The molecule has 6 nitrogen and oxygen atoms in total. The average molecular weight is 372 g/mol. The number of aromatic nitrogens is 2. The van der Waals surface area contributed by atoms with Crippen LogP contribution in [0.4, 0.5) is 4.39 Å². The molecule has 0 aliphatic rings. The summed E-state index contributed by atoms with van der Waals surface area (Å²) in [6, 6.07) is 8.32. The number of hydrogen-bond acceptors (Lipinski definition) is 4. The number of carbonyl (C=O) groups excluding carboxylic acids is 1. The summed E-state index contributed by atoms with van der Waals surface area (Å²) in [5.41, 5.74) is 2.95. The molecule has 0 fully saturated rings. The van der Waals surface area contributed by atoms with E-state index in [1.54, 1.807) is 30.1 Å². The Kier molecular flexibility index (Phi) is 7.35. The number of nitrogens with zero attached hydrogens (tertiary/aromatic N) is 4. The Morgan fingerprint density at radius 3 is 2.81 bits per heavy atom. The molecular formula is C20H25FN4O2. The second-order valence-electron chi connectivity index (χ2n) is 6.37. The summed E-state index contributed by atoms with van der Waals surface area (Å²) < 4.78 is 20.7. The van der Waals surface area contributed by atoms with E-state index in [1.165, 1.54) is 6.07 Å². The highest BCUT2D eigenvalue weighted by Gasteiger charge is 2.15. The summed E-state index contributed by atoms with van der Waals surface area (Å²) in [4.78, 5) is 13.9. The summed E-state index contributed by atoms with van der Waals surface area (Å²) in [7, 11) is 1.71. The lowest BCUT2D eigenvalue weighted by Gasteiger charge is -2.17. The van der Waals surface area contributed by atoms with Crippen molar-refractivity contribution < 1.29 is 13.9 Å². The van der Waals surface area contributed by atoms with Crippen molar-refractivity contribution in [1.82, 2.24) is 14.7 Å². The predicted molar refractivity (Wildman–Crippen MR) is 99.8 cm³/mol. The van der Waals surface area contributed by atoms with E-state index in [1.807, 2.05) is 18.5 Å². The van der Waals surface area contributed by atoms with Crippen molar-refractivity contribution in [2.75, 3.05) is 20.2 Å². The van der Waals surface area contributed by atoms with Crippen molar-refractivity contribution in [2.24, 2.45) is 0 Å². The lowest BCUT2D eigenvalue weighted by atomic mass is 10.1. The van der Waals surface area contributed by atoms with E-state index in [0.29, 0.717) is 32.4 Å². The largest absolute Gasteiger partial charge is 0.489 e. The molecule has 1 heterocycles. The summed E-state index contributed by atoms with van der Waals surface area (Å²) in [6.07, 6.45) is 1.37. The highest BCUT2D eigenvalue weighted by Crippen LogP contribution is 2.17. The zero-order valence-electron chi connectivity index (χ0n) is 16.0. The quantitative estimate of drug-likeness (QED) is 0.678. The van der Waals surface area contributed by atoms with Crippen LogP contribution in [0.3, 0.4) is 0 Å². The molecule has 2 rings (SSSR count). The van der Waals surface area contributed by atoms with Gasteiger partial charge in [0.2, 0.25) is 5.91 Å². The van der Waals surface area contributed by atoms with Crippen LogP contribution >= 0.6 is 0 Å². The number of nitriles is 1. The number of para-hydroxylation sites is 1. The lowest BCUT2D eigenvalue weighted by molar-refractivity contribution is -0.130. The lowest BCUT2D eigenvalue weighted by Crippen LogP contribution is -2.31. The van der Waals surface area contributed by atoms with Gasteiger partial charge < -0.3 is 9.64 Å². The molecule has 2 aromatic rings. The fraction of sp³-hybridized carbons (Fsp3) is 0.450. The maximum absolute atomic E-state index is 13.5. The van der Waals surface area contributed by atoms with Crippen LogP contribution < -0.4 is 4.74 Å². The zero-order valence-corrected chi connectivity index (χ0v) is 16.0. The van der Waals surface area contributed by atoms with Gasteiger partial charge in [-0.2, -0.15) is 10.4 Å². The monoisotopic (exact) mass is 372 g/mol. The third kappa shape index (κ3) is 5.55. The molecule has 27 heavy (non-hydrogen) atoms. The van der Waals surface area contributed by atoms with Gasteiger partial charge >= 0.3 is 0 Å². The molecule has 0 unspecified atom stereocenters. The Morgan fingerprint density at radius 1 is 1.37 bits per heavy atom. The standard InChI is InChI=1S/C20H25FN4O2/c1-15-17(16(2)25(23-15)12-6-11-22)9-10-20(26)24(3)13-14-27-19-8-5-4-7-18(19)21/h4-5,7-8H,6,9-10,12-14H2,1-3H3. The second-order valence-corrected chi connectivity index (χ2v) is 6.37. The van der Waals surface area contributed by atoms with Gasteiger partial charge in [-0.25, -0.2) is 4.39 Å². The van der Waals surface area contributed by atoms with Crippen LogP contribution in [0.2, 0.25) is 0 Å². The van der Waals surface area contributed by atoms with E-state index in [4.69, 9.17) is 10.00 Å². The molecule has 0 radical (unpaired) electrons. The number of rotatable bonds is 9. The minimum atomic E-state index is -0.411. The summed E-state index contributed by atoms with van der Waals surface area (Å²) >= 11 is 0. The zero-order chi connectivity index (χ0) is 19.8. The molecule has 0 atom stereocenters. The van der Waals surface area contributed by atoms with Gasteiger partial charge in [0, 0.05) is 19.2 Å². The van der Waals surface area contributed by atoms with Crippen LogP contribution in [0, 0.1) is 31.0 Å². The molecule has 0 aliphatic carbocycles. The van der Waals surface area contributed by atoms with Crippen LogP contribution in [0.1, 0.15) is 29.8 Å². The Labute approximate surface area is 159 Å². The highest BCUT2D eigenvalue weighted by atomic mass is 19.1. The third-order valence-corrected chi connectivity index (χ3v) is 4.50. The van der Waals surface area contributed by atoms with E-state index >= 15 is 0 Å². The Hall–Kier alpha value is -2.88. The van der Waals surface area contributed by atoms with Gasteiger partial charge in [0.25, 0.3) is 0 Å². The number of ether oxygens (including phenoxy) is 1. The van der Waals surface area contributed by atoms with Crippen molar-refractivity contribution in [1.29, 1.82) is 5.26 Å². The van der Waals surface area contributed by atoms with Crippen molar-refractivity contribution in [3.63, 3.8) is 0 Å². The average Bonchev–Trinajstić information content (AvgIpc) is 2.92. The maximum Gasteiger partial charge on any atom is 0.222 e. The van der Waals surface area contributed by atoms with Crippen LogP contribution in [0.5, 0.6) is 5.75 Å². The Bertz CT molecular complexity index is 826. The summed E-state index contributed by atoms with van der Waals surface area (Å²) in [5, 5.41) is 13.2. The van der Waals surface area contributed by atoms with E-state index in [2.05, 4.69) is 11.2 Å². The number of hydrogen-bond donors (Lipinski definition) is 0. The molecule has 144 valence electrons. The number of benzene rings is 1. The summed E-state index contributed by atoms with van der Waals surface area (Å²) in [6.45, 7) is 5.05. The molecule has 0 saturated carbocycles. The Balaban J connectivity index is 1.82. The minimum Gasteiger partial charge on any atom is -0.489 e. The normalized spacial score (nSPS) is 10.5. The number of amides is 1. The minimum absolute atomic E-state index is 0.00397. The number of aryl methyl sites for hydroxylation is 2. The van der Waals surface area contributed by atoms with Crippen molar-refractivity contribution in [3.8, 4) is 11.8 Å². The van der Waals surface area contributed by atoms with Gasteiger partial charge in [0.15, 0.2) is 11.6 Å². The fourth-order valence-electron chi connectivity index (χ4n) is 2.87. The maximum atomic E-state index is 13.5. The molecule has 1 aromatic carbocycles. The van der Waals surface area contributed by atoms with E-state index in [-0.39, 0.29) is 18.3 Å². The van der Waals surface area contributed by atoms with Gasteiger partial charge in [-0.15, -0.1) is 0 Å². The van der Waals surface area contributed by atoms with Gasteiger partial charge in [-0.3, -0.25) is 9.48 Å².